The van der Waals surface area contributed by atoms with Gasteiger partial charge in [-0.15, -0.1) is 22.7 Å². The van der Waals surface area contributed by atoms with Crippen molar-refractivity contribution in [2.45, 2.75) is 33.9 Å². The number of nitrogens with one attached hydrogen (secondary N) is 1. The zero-order chi connectivity index (χ0) is 11.5. The first kappa shape index (κ1) is 11.8. The van der Waals surface area contributed by atoms with Crippen LogP contribution < -0.4 is 5.32 Å². The second-order valence-corrected chi connectivity index (χ2v) is 6.69. The number of hydrogen-bond donors (Lipinski definition) is 1. The van der Waals surface area contributed by atoms with Crippen molar-refractivity contribution in [2.75, 3.05) is 0 Å². The van der Waals surface area contributed by atoms with Gasteiger partial charge in [-0.1, -0.05) is 0 Å². The van der Waals surface area contributed by atoms with E-state index in [0.717, 1.165) is 13.1 Å². The van der Waals surface area contributed by atoms with E-state index < -0.39 is 0 Å². The number of aromatic nitrogens is 1. The van der Waals surface area contributed by atoms with Gasteiger partial charge in [-0.3, -0.25) is 0 Å². The molecule has 0 radical (unpaired) electrons. The molecule has 4 heteroatoms. The number of aryl methyl sites for hydroxylation is 3. The smallest absolute Gasteiger partial charge is 0.107 e. The molecular weight excluding hydrogens is 236 g/mol. The lowest BCUT2D eigenvalue weighted by Crippen LogP contribution is -2.12. The summed E-state index contributed by atoms with van der Waals surface area (Å²) in [6, 6.07) is 2.26. The summed E-state index contributed by atoms with van der Waals surface area (Å²) in [5.74, 6) is 0. The minimum atomic E-state index is 0.868. The maximum absolute atomic E-state index is 4.33. The number of thiazole rings is 1. The van der Waals surface area contributed by atoms with E-state index in [4.69, 9.17) is 0 Å². The van der Waals surface area contributed by atoms with Crippen molar-refractivity contribution in [2.24, 2.45) is 0 Å². The van der Waals surface area contributed by atoms with Gasteiger partial charge < -0.3 is 5.32 Å². The summed E-state index contributed by atoms with van der Waals surface area (Å²) in [7, 11) is 0. The fourth-order valence-electron chi connectivity index (χ4n) is 1.65. The third-order valence-electron chi connectivity index (χ3n) is 2.40. The van der Waals surface area contributed by atoms with Gasteiger partial charge in [0.2, 0.25) is 0 Å². The van der Waals surface area contributed by atoms with E-state index in [1.807, 2.05) is 17.5 Å². The zero-order valence-electron chi connectivity index (χ0n) is 9.83. The molecule has 2 aromatic rings. The zero-order valence-corrected chi connectivity index (χ0v) is 11.5. The molecule has 2 rings (SSSR count). The van der Waals surface area contributed by atoms with Gasteiger partial charge in [0.15, 0.2) is 0 Å². The van der Waals surface area contributed by atoms with Crippen LogP contribution >= 0.6 is 22.7 Å². The lowest BCUT2D eigenvalue weighted by atomic mass is 10.2. The third-order valence-corrected chi connectivity index (χ3v) is 4.33. The highest BCUT2D eigenvalue weighted by Crippen LogP contribution is 2.20. The molecule has 16 heavy (non-hydrogen) atoms. The van der Waals surface area contributed by atoms with Crippen LogP contribution in [0.1, 0.15) is 25.2 Å². The van der Waals surface area contributed by atoms with E-state index in [1.54, 1.807) is 11.3 Å². The minimum Gasteiger partial charge on any atom is -0.306 e. The van der Waals surface area contributed by atoms with Gasteiger partial charge in [0.25, 0.3) is 0 Å². The van der Waals surface area contributed by atoms with Gasteiger partial charge in [-0.2, -0.15) is 0 Å². The molecule has 0 aliphatic carbocycles. The molecule has 0 saturated heterocycles. The topological polar surface area (TPSA) is 24.9 Å². The molecule has 0 atom stereocenters. The molecule has 0 aromatic carbocycles. The summed E-state index contributed by atoms with van der Waals surface area (Å²) in [4.78, 5) is 8.42. The van der Waals surface area contributed by atoms with E-state index in [0.29, 0.717) is 0 Å². The Hall–Kier alpha value is -0.710. The molecule has 0 unspecified atom stereocenters. The van der Waals surface area contributed by atoms with Gasteiger partial charge in [0.05, 0.1) is 0 Å². The summed E-state index contributed by atoms with van der Waals surface area (Å²) < 4.78 is 0. The quantitative estimate of drug-likeness (QED) is 0.902. The fourth-order valence-corrected chi connectivity index (χ4v) is 3.35. The van der Waals surface area contributed by atoms with Gasteiger partial charge in [-0.25, -0.2) is 4.98 Å². The average molecular weight is 252 g/mol. The fraction of sp³-hybridized carbons (Fsp3) is 0.417. The number of nitrogens with zero attached hydrogens (tertiary/aromatic N) is 1. The molecule has 2 heterocycles. The SMILES string of the molecule is Cc1cnc(CNCc2cc(C)sc2C)s1. The van der Waals surface area contributed by atoms with E-state index in [1.165, 1.54) is 25.2 Å². The van der Waals surface area contributed by atoms with Crippen molar-refractivity contribution < 1.29 is 0 Å². The second-order valence-electron chi connectivity index (χ2n) is 3.91. The van der Waals surface area contributed by atoms with Gasteiger partial charge in [-0.05, 0) is 32.4 Å². The highest BCUT2D eigenvalue weighted by atomic mass is 32.1. The van der Waals surface area contributed by atoms with Crippen LogP contribution in [0.2, 0.25) is 0 Å². The minimum absolute atomic E-state index is 0.868. The Bertz CT molecular complexity index is 471. The summed E-state index contributed by atoms with van der Waals surface area (Å²) in [6.45, 7) is 8.24. The molecule has 0 aliphatic rings. The summed E-state index contributed by atoms with van der Waals surface area (Å²) in [6.07, 6.45) is 1.93. The normalized spacial score (nSPS) is 10.9. The van der Waals surface area contributed by atoms with Crippen molar-refractivity contribution in [1.29, 1.82) is 0 Å². The summed E-state index contributed by atoms with van der Waals surface area (Å²) in [5, 5.41) is 4.61. The molecular formula is C12H16N2S2. The van der Waals surface area contributed by atoms with Crippen LogP contribution in [0.15, 0.2) is 12.3 Å². The van der Waals surface area contributed by atoms with Crippen molar-refractivity contribution in [3.8, 4) is 0 Å². The first-order valence-corrected chi connectivity index (χ1v) is 6.96. The Labute approximate surface area is 104 Å². The van der Waals surface area contributed by atoms with E-state index >= 15 is 0 Å². The van der Waals surface area contributed by atoms with Gasteiger partial charge in [0, 0.05) is 33.9 Å². The third kappa shape index (κ3) is 2.90. The molecule has 0 bridgehead atoms. The van der Waals surface area contributed by atoms with Crippen LogP contribution in [0.3, 0.4) is 0 Å². The van der Waals surface area contributed by atoms with Crippen LogP contribution in [-0.2, 0) is 13.1 Å². The maximum Gasteiger partial charge on any atom is 0.107 e. The van der Waals surface area contributed by atoms with Gasteiger partial charge >= 0.3 is 0 Å². The Morgan fingerprint density at radius 2 is 1.94 bits per heavy atom. The first-order chi connectivity index (χ1) is 7.65. The maximum atomic E-state index is 4.33. The highest BCUT2D eigenvalue weighted by molar-refractivity contribution is 7.12. The second kappa shape index (κ2) is 5.08. The average Bonchev–Trinajstić information content (AvgIpc) is 2.74. The molecule has 0 aliphatic heterocycles. The monoisotopic (exact) mass is 252 g/mol. The molecule has 0 spiro atoms. The standard InChI is InChI=1S/C12H16N2S2/c1-8-4-11(10(3)15-8)6-13-7-12-14-5-9(2)16-12/h4-5,13H,6-7H2,1-3H3. The summed E-state index contributed by atoms with van der Waals surface area (Å²) >= 11 is 3.63. The number of thiophene rings is 1. The molecule has 2 nitrogen and oxygen atoms in total. The van der Waals surface area contributed by atoms with E-state index in [-0.39, 0.29) is 0 Å². The lowest BCUT2D eigenvalue weighted by molar-refractivity contribution is 0.689. The number of hydrogen-bond acceptors (Lipinski definition) is 4. The Balaban J connectivity index is 1.86. The van der Waals surface area contributed by atoms with Crippen molar-refractivity contribution in [1.82, 2.24) is 10.3 Å². The molecule has 2 aromatic heterocycles. The predicted molar refractivity (Wildman–Crippen MR) is 71.2 cm³/mol. The summed E-state index contributed by atoms with van der Waals surface area (Å²) in [5.41, 5.74) is 1.41. The molecule has 86 valence electrons. The molecule has 1 N–H and O–H groups in total. The van der Waals surface area contributed by atoms with Gasteiger partial charge in [0.1, 0.15) is 5.01 Å². The highest BCUT2D eigenvalue weighted by Gasteiger charge is 2.03. The van der Waals surface area contributed by atoms with E-state index in [9.17, 15) is 0 Å². The van der Waals surface area contributed by atoms with Crippen LogP contribution in [0.4, 0.5) is 0 Å². The van der Waals surface area contributed by atoms with Crippen molar-refractivity contribution >= 4 is 22.7 Å². The van der Waals surface area contributed by atoms with Crippen LogP contribution in [-0.4, -0.2) is 4.98 Å². The van der Waals surface area contributed by atoms with Crippen LogP contribution in [0.5, 0.6) is 0 Å². The predicted octanol–water partition coefficient (Wildman–Crippen LogP) is 3.42. The van der Waals surface area contributed by atoms with Crippen LogP contribution in [0, 0.1) is 20.8 Å². The molecule has 0 amide bonds. The number of rotatable bonds is 4. The molecule has 0 saturated carbocycles. The van der Waals surface area contributed by atoms with Crippen LogP contribution in [0.25, 0.3) is 0 Å². The van der Waals surface area contributed by atoms with Crippen molar-refractivity contribution in [3.63, 3.8) is 0 Å². The van der Waals surface area contributed by atoms with Crippen molar-refractivity contribution in [3.05, 3.63) is 37.5 Å². The van der Waals surface area contributed by atoms with E-state index in [2.05, 4.69) is 37.1 Å². The Morgan fingerprint density at radius 1 is 1.12 bits per heavy atom. The largest absolute Gasteiger partial charge is 0.306 e. The first-order valence-electron chi connectivity index (χ1n) is 5.33. The lowest BCUT2D eigenvalue weighted by Gasteiger charge is -2.01. The Morgan fingerprint density at radius 3 is 2.50 bits per heavy atom. The Kier molecular flexibility index (Phi) is 3.74. The molecule has 0 fully saturated rings.